The number of hydrogen-bond acceptors (Lipinski definition) is 1. The molecule has 0 spiro atoms. The van der Waals surface area contributed by atoms with Gasteiger partial charge in [-0.3, -0.25) is 0 Å². The Morgan fingerprint density at radius 1 is 0.750 bits per heavy atom. The SMILES string of the molecule is CC1CCC[C@]2(C)[C@@H]([C@H](C)CCI)CC[C@@H]12.CC1CCC[C@]2(C)[C@@H]([C@H](C)CCO)CC[C@@H]12. The number of aliphatic hydroxyl groups is 1. The van der Waals surface area contributed by atoms with Crippen molar-refractivity contribution in [1.82, 2.24) is 0 Å². The molecule has 4 saturated carbocycles. The summed E-state index contributed by atoms with van der Waals surface area (Å²) < 4.78 is 1.34. The number of alkyl halides is 1. The molecule has 2 heteroatoms. The van der Waals surface area contributed by atoms with Crippen molar-refractivity contribution < 1.29 is 5.11 Å². The lowest BCUT2D eigenvalue weighted by atomic mass is 9.59. The molecule has 0 heterocycles. The fraction of sp³-hybridized carbons (Fsp3) is 1.00. The maximum atomic E-state index is 9.13. The average molecular weight is 559 g/mol. The van der Waals surface area contributed by atoms with E-state index in [9.17, 15) is 0 Å². The van der Waals surface area contributed by atoms with Gasteiger partial charge in [0.1, 0.15) is 0 Å². The average Bonchev–Trinajstić information content (AvgIpc) is 3.27. The fourth-order valence-corrected chi connectivity index (χ4v) is 10.8. The lowest BCUT2D eigenvalue weighted by Gasteiger charge is -2.46. The van der Waals surface area contributed by atoms with Crippen molar-refractivity contribution in [2.45, 2.75) is 119 Å². The first-order chi connectivity index (χ1) is 15.2. The van der Waals surface area contributed by atoms with Crippen molar-refractivity contribution in [3.05, 3.63) is 0 Å². The van der Waals surface area contributed by atoms with Crippen LogP contribution in [0.5, 0.6) is 0 Å². The second-order valence-corrected chi connectivity index (χ2v) is 14.4. The van der Waals surface area contributed by atoms with Crippen molar-refractivity contribution in [3.8, 4) is 0 Å². The van der Waals surface area contributed by atoms with Crippen molar-refractivity contribution >= 4 is 22.6 Å². The smallest absolute Gasteiger partial charge is 0.0433 e. The first-order valence-electron chi connectivity index (χ1n) is 14.4. The summed E-state index contributed by atoms with van der Waals surface area (Å²) in [7, 11) is 0. The molecule has 32 heavy (non-hydrogen) atoms. The zero-order valence-electron chi connectivity index (χ0n) is 22.3. The summed E-state index contributed by atoms with van der Waals surface area (Å²) in [6, 6.07) is 0. The summed E-state index contributed by atoms with van der Waals surface area (Å²) in [6.45, 7) is 15.4. The highest BCUT2D eigenvalue weighted by atomic mass is 127. The number of fused-ring (bicyclic) bond motifs is 2. The monoisotopic (exact) mass is 558 g/mol. The van der Waals surface area contributed by atoms with Gasteiger partial charge in [0.05, 0.1) is 0 Å². The lowest BCUT2D eigenvalue weighted by Crippen LogP contribution is -2.38. The molecule has 10 atom stereocenters. The Morgan fingerprint density at radius 2 is 1.19 bits per heavy atom. The van der Waals surface area contributed by atoms with Crippen LogP contribution in [0.1, 0.15) is 119 Å². The molecule has 0 aromatic heterocycles. The molecule has 0 saturated heterocycles. The van der Waals surface area contributed by atoms with Crippen molar-refractivity contribution in [2.24, 2.45) is 58.2 Å². The highest BCUT2D eigenvalue weighted by Gasteiger charge is 2.52. The molecule has 1 N–H and O–H groups in total. The molecular weight excluding hydrogens is 503 g/mol. The highest BCUT2D eigenvalue weighted by Crippen LogP contribution is 2.60. The highest BCUT2D eigenvalue weighted by molar-refractivity contribution is 14.1. The fourth-order valence-electron chi connectivity index (χ4n) is 9.86. The third-order valence-corrected chi connectivity index (χ3v) is 12.2. The van der Waals surface area contributed by atoms with Crippen LogP contribution in [0.3, 0.4) is 0 Å². The van der Waals surface area contributed by atoms with Crippen LogP contribution in [0.15, 0.2) is 0 Å². The van der Waals surface area contributed by atoms with Crippen molar-refractivity contribution in [1.29, 1.82) is 0 Å². The molecule has 4 rings (SSSR count). The quantitative estimate of drug-likeness (QED) is 0.255. The van der Waals surface area contributed by atoms with E-state index in [1.807, 2.05) is 0 Å². The molecule has 4 aliphatic carbocycles. The summed E-state index contributed by atoms with van der Waals surface area (Å²) in [5.74, 6) is 7.50. The van der Waals surface area contributed by atoms with E-state index in [1.165, 1.54) is 75.1 Å². The maximum absolute atomic E-state index is 9.13. The predicted molar refractivity (Wildman–Crippen MR) is 148 cm³/mol. The van der Waals surface area contributed by atoms with Gasteiger partial charge in [0.25, 0.3) is 0 Å². The van der Waals surface area contributed by atoms with Crippen molar-refractivity contribution in [2.75, 3.05) is 11.0 Å². The Labute approximate surface area is 214 Å². The lowest BCUT2D eigenvalue weighted by molar-refractivity contribution is 0.0316. The normalized spacial score (nSPS) is 45.4. The topological polar surface area (TPSA) is 20.2 Å². The molecule has 4 fully saturated rings. The molecule has 188 valence electrons. The Balaban J connectivity index is 0.000000181. The predicted octanol–water partition coefficient (Wildman–Crippen LogP) is 9.16. The zero-order chi connectivity index (χ0) is 23.5. The van der Waals surface area contributed by atoms with Crippen LogP contribution in [0.2, 0.25) is 0 Å². The minimum absolute atomic E-state index is 0.369. The van der Waals surface area contributed by atoms with E-state index < -0.39 is 0 Å². The van der Waals surface area contributed by atoms with Gasteiger partial charge in [-0.25, -0.2) is 0 Å². The van der Waals surface area contributed by atoms with Gasteiger partial charge in [-0.2, -0.15) is 0 Å². The molecule has 0 radical (unpaired) electrons. The minimum atomic E-state index is 0.369. The summed E-state index contributed by atoms with van der Waals surface area (Å²) in [5, 5.41) is 9.13. The van der Waals surface area contributed by atoms with Gasteiger partial charge in [0, 0.05) is 6.61 Å². The van der Waals surface area contributed by atoms with Gasteiger partial charge in [0.15, 0.2) is 0 Å². The first kappa shape index (κ1) is 27.3. The van der Waals surface area contributed by atoms with Crippen LogP contribution in [-0.4, -0.2) is 16.1 Å². The number of aliphatic hydroxyl groups excluding tert-OH is 1. The Kier molecular flexibility index (Phi) is 9.90. The molecule has 2 unspecified atom stereocenters. The molecule has 0 aromatic carbocycles. The van der Waals surface area contributed by atoms with E-state index in [0.717, 1.165) is 47.8 Å². The number of rotatable bonds is 6. The standard InChI is InChI=1S/C15H27I.C15H28O/c2*1-11-5-4-9-15(3)13(11)6-7-14(15)12(2)8-10-16/h11-14H,4-10H2,1-3H3;11-14,16H,4-10H2,1-3H3/t2*11?,12-,13+,14-,15+/m11/s1. The van der Waals surface area contributed by atoms with Crippen LogP contribution < -0.4 is 0 Å². The third-order valence-electron chi connectivity index (χ3n) is 11.6. The van der Waals surface area contributed by atoms with E-state index in [2.05, 4.69) is 64.1 Å². The summed E-state index contributed by atoms with van der Waals surface area (Å²) in [6.07, 6.45) is 17.1. The molecule has 0 bridgehead atoms. The van der Waals surface area contributed by atoms with E-state index in [-0.39, 0.29) is 0 Å². The van der Waals surface area contributed by atoms with Gasteiger partial charge in [0.2, 0.25) is 0 Å². The third kappa shape index (κ3) is 5.41. The largest absolute Gasteiger partial charge is 0.396 e. The van der Waals surface area contributed by atoms with Gasteiger partial charge < -0.3 is 5.11 Å². The van der Waals surface area contributed by atoms with Gasteiger partial charge in [-0.15, -0.1) is 0 Å². The molecule has 4 aliphatic rings. The second kappa shape index (κ2) is 11.6. The molecule has 0 aliphatic heterocycles. The second-order valence-electron chi connectivity index (χ2n) is 13.3. The van der Waals surface area contributed by atoms with E-state index in [4.69, 9.17) is 5.11 Å². The summed E-state index contributed by atoms with van der Waals surface area (Å²) >= 11 is 2.55. The zero-order valence-corrected chi connectivity index (χ0v) is 24.5. The number of halogens is 1. The Hall–Kier alpha value is 0.690. The van der Waals surface area contributed by atoms with Crippen LogP contribution in [-0.2, 0) is 0 Å². The van der Waals surface area contributed by atoms with E-state index in [1.54, 1.807) is 0 Å². The van der Waals surface area contributed by atoms with Crippen molar-refractivity contribution in [3.63, 3.8) is 0 Å². The van der Waals surface area contributed by atoms with Crippen LogP contribution >= 0.6 is 22.6 Å². The Morgan fingerprint density at radius 3 is 1.59 bits per heavy atom. The van der Waals surface area contributed by atoms with Crippen LogP contribution in [0, 0.1) is 58.2 Å². The Bertz CT molecular complexity index is 527. The van der Waals surface area contributed by atoms with Gasteiger partial charge in [-0.05, 0) is 114 Å². The van der Waals surface area contributed by atoms with E-state index >= 15 is 0 Å². The molecule has 0 aromatic rings. The molecule has 0 amide bonds. The summed E-state index contributed by atoms with van der Waals surface area (Å²) in [5.41, 5.74) is 1.29. The number of hydrogen-bond donors (Lipinski definition) is 1. The van der Waals surface area contributed by atoms with Crippen LogP contribution in [0.4, 0.5) is 0 Å². The van der Waals surface area contributed by atoms with Gasteiger partial charge in [-0.1, -0.05) is 89.8 Å². The maximum Gasteiger partial charge on any atom is 0.0433 e. The van der Waals surface area contributed by atoms with Gasteiger partial charge >= 0.3 is 0 Å². The summed E-state index contributed by atoms with van der Waals surface area (Å²) in [4.78, 5) is 0. The van der Waals surface area contributed by atoms with Crippen LogP contribution in [0.25, 0.3) is 0 Å². The molecule has 1 nitrogen and oxygen atoms in total. The molecular formula is C30H55IO. The minimum Gasteiger partial charge on any atom is -0.396 e. The first-order valence-corrected chi connectivity index (χ1v) is 15.9. The van der Waals surface area contributed by atoms with E-state index in [0.29, 0.717) is 23.4 Å².